The van der Waals surface area contributed by atoms with Crippen molar-refractivity contribution in [1.29, 1.82) is 0 Å². The van der Waals surface area contributed by atoms with Gasteiger partial charge in [0, 0.05) is 6.54 Å². The molecule has 21 heavy (non-hydrogen) atoms. The summed E-state index contributed by atoms with van der Waals surface area (Å²) in [5.74, 6) is 0.558. The van der Waals surface area contributed by atoms with Crippen LogP contribution in [0, 0.1) is 11.7 Å². The minimum Gasteiger partial charge on any atom is -0.325 e. The molecule has 114 valence electrons. The van der Waals surface area contributed by atoms with E-state index >= 15 is 0 Å². The van der Waals surface area contributed by atoms with Gasteiger partial charge in [-0.25, -0.2) is 4.39 Å². The normalized spacial score (nSPS) is 27.3. The Bertz CT molecular complexity index is 502. The first-order valence-corrected chi connectivity index (χ1v) is 8.51. The average Bonchev–Trinajstić information content (AvgIpc) is 2.78. The van der Waals surface area contributed by atoms with Gasteiger partial charge in [0.15, 0.2) is 0 Å². The first-order chi connectivity index (χ1) is 10.1. The van der Waals surface area contributed by atoms with Crippen molar-refractivity contribution in [2.75, 3.05) is 19.6 Å². The molecule has 1 amide bonds. The van der Waals surface area contributed by atoms with E-state index in [1.807, 2.05) is 11.8 Å². The molecule has 0 spiro atoms. The number of rotatable bonds is 3. The largest absolute Gasteiger partial charge is 0.325 e. The zero-order valence-corrected chi connectivity index (χ0v) is 13.0. The number of nitrogens with zero attached hydrogens (tertiary/aromatic N) is 1. The minimum atomic E-state index is -0.231. The van der Waals surface area contributed by atoms with Crippen molar-refractivity contribution in [3.8, 4) is 0 Å². The molecule has 5 heteroatoms. The van der Waals surface area contributed by atoms with Crippen LogP contribution in [0.4, 0.5) is 4.39 Å². The van der Waals surface area contributed by atoms with Gasteiger partial charge >= 0.3 is 0 Å². The van der Waals surface area contributed by atoms with E-state index in [1.165, 1.54) is 12.1 Å². The highest BCUT2D eigenvalue weighted by atomic mass is 32.2. The first-order valence-electron chi connectivity index (χ1n) is 7.57. The molecule has 2 saturated heterocycles. The van der Waals surface area contributed by atoms with Crippen LogP contribution < -0.4 is 5.32 Å². The van der Waals surface area contributed by atoms with Crippen LogP contribution in [0.2, 0.25) is 0 Å². The molecule has 2 heterocycles. The van der Waals surface area contributed by atoms with Crippen LogP contribution in [0.15, 0.2) is 24.3 Å². The molecule has 1 aromatic carbocycles. The van der Waals surface area contributed by atoms with E-state index in [-0.39, 0.29) is 22.3 Å². The second kappa shape index (κ2) is 6.36. The highest BCUT2D eigenvalue weighted by Crippen LogP contribution is 2.43. The number of thioether (sulfide) groups is 1. The zero-order valence-electron chi connectivity index (χ0n) is 12.2. The van der Waals surface area contributed by atoms with Crippen molar-refractivity contribution in [3.63, 3.8) is 0 Å². The van der Waals surface area contributed by atoms with E-state index in [0.717, 1.165) is 38.0 Å². The molecule has 1 aromatic rings. The van der Waals surface area contributed by atoms with Crippen LogP contribution in [-0.4, -0.2) is 35.7 Å². The summed E-state index contributed by atoms with van der Waals surface area (Å²) >= 11 is 1.67. The molecule has 2 fully saturated rings. The number of hydrogen-bond donors (Lipinski definition) is 1. The SMILES string of the molecule is CC1SC(c2ccc(F)cc2)N(CC2CCNCC2)C1=O. The Morgan fingerprint density at radius 1 is 1.29 bits per heavy atom. The maximum Gasteiger partial charge on any atom is 0.236 e. The number of carbonyl (C=O) groups excluding carboxylic acids is 1. The predicted molar refractivity (Wildman–Crippen MR) is 83.5 cm³/mol. The summed E-state index contributed by atoms with van der Waals surface area (Å²) in [7, 11) is 0. The number of amides is 1. The Morgan fingerprint density at radius 2 is 1.95 bits per heavy atom. The highest BCUT2D eigenvalue weighted by molar-refractivity contribution is 8.01. The standard InChI is InChI=1S/C16H21FN2OS/c1-11-15(20)19(10-12-6-8-18-9-7-12)16(21-11)13-2-4-14(17)5-3-13/h2-5,11-12,16,18H,6-10H2,1H3. The monoisotopic (exact) mass is 308 g/mol. The molecular formula is C16H21FN2OS. The third-order valence-electron chi connectivity index (χ3n) is 4.32. The lowest BCUT2D eigenvalue weighted by Crippen LogP contribution is -2.38. The Balaban J connectivity index is 1.77. The van der Waals surface area contributed by atoms with Crippen molar-refractivity contribution in [3.05, 3.63) is 35.6 Å². The summed E-state index contributed by atoms with van der Waals surface area (Å²) in [6.07, 6.45) is 2.25. The van der Waals surface area contributed by atoms with Gasteiger partial charge in [0.05, 0.1) is 5.25 Å². The average molecular weight is 308 g/mol. The lowest BCUT2D eigenvalue weighted by atomic mass is 9.97. The smallest absolute Gasteiger partial charge is 0.236 e. The number of benzene rings is 1. The van der Waals surface area contributed by atoms with Crippen molar-refractivity contribution in [2.45, 2.75) is 30.4 Å². The summed E-state index contributed by atoms with van der Waals surface area (Å²) in [5.41, 5.74) is 1.02. The predicted octanol–water partition coefficient (Wildman–Crippen LogP) is 2.79. The van der Waals surface area contributed by atoms with Gasteiger partial charge in [-0.1, -0.05) is 12.1 Å². The van der Waals surface area contributed by atoms with E-state index < -0.39 is 0 Å². The fourth-order valence-corrected chi connectivity index (χ4v) is 4.38. The lowest BCUT2D eigenvalue weighted by molar-refractivity contribution is -0.130. The van der Waals surface area contributed by atoms with E-state index in [2.05, 4.69) is 5.32 Å². The van der Waals surface area contributed by atoms with Crippen molar-refractivity contribution in [1.82, 2.24) is 10.2 Å². The molecule has 2 aliphatic heterocycles. The van der Waals surface area contributed by atoms with E-state index in [4.69, 9.17) is 0 Å². The Hall–Kier alpha value is -1.07. The number of nitrogens with one attached hydrogen (secondary N) is 1. The van der Waals surface area contributed by atoms with Crippen LogP contribution in [0.1, 0.15) is 30.7 Å². The third-order valence-corrected chi connectivity index (χ3v) is 5.71. The van der Waals surface area contributed by atoms with E-state index in [9.17, 15) is 9.18 Å². The molecule has 0 aliphatic carbocycles. The zero-order chi connectivity index (χ0) is 14.8. The molecule has 2 aliphatic rings. The molecule has 0 radical (unpaired) electrons. The quantitative estimate of drug-likeness (QED) is 0.932. The molecule has 2 unspecified atom stereocenters. The van der Waals surface area contributed by atoms with Gasteiger partial charge in [-0.15, -0.1) is 11.8 Å². The Kier molecular flexibility index (Phi) is 4.50. The third kappa shape index (κ3) is 3.24. The van der Waals surface area contributed by atoms with Gasteiger partial charge in [0.2, 0.25) is 5.91 Å². The van der Waals surface area contributed by atoms with Gasteiger partial charge in [0.1, 0.15) is 11.2 Å². The molecule has 0 saturated carbocycles. The van der Waals surface area contributed by atoms with Crippen LogP contribution in [-0.2, 0) is 4.79 Å². The Labute approximate surface area is 129 Å². The number of hydrogen-bond acceptors (Lipinski definition) is 3. The highest BCUT2D eigenvalue weighted by Gasteiger charge is 2.39. The minimum absolute atomic E-state index is 0.0123. The maximum atomic E-state index is 13.1. The van der Waals surface area contributed by atoms with Crippen molar-refractivity contribution >= 4 is 17.7 Å². The van der Waals surface area contributed by atoms with Crippen molar-refractivity contribution in [2.24, 2.45) is 5.92 Å². The first kappa shape index (κ1) is 14.9. The molecule has 0 bridgehead atoms. The summed E-state index contributed by atoms with van der Waals surface area (Å²) in [5, 5.41) is 3.38. The number of piperidine rings is 1. The fourth-order valence-electron chi connectivity index (χ4n) is 3.09. The van der Waals surface area contributed by atoms with E-state index in [1.54, 1.807) is 23.9 Å². The number of carbonyl (C=O) groups is 1. The number of halogens is 1. The molecular weight excluding hydrogens is 287 g/mol. The second-order valence-electron chi connectivity index (χ2n) is 5.87. The van der Waals surface area contributed by atoms with Crippen LogP contribution in [0.5, 0.6) is 0 Å². The summed E-state index contributed by atoms with van der Waals surface area (Å²) in [4.78, 5) is 14.4. The maximum absolute atomic E-state index is 13.1. The van der Waals surface area contributed by atoms with Crippen LogP contribution in [0.3, 0.4) is 0 Å². The van der Waals surface area contributed by atoms with Crippen LogP contribution >= 0.6 is 11.8 Å². The lowest BCUT2D eigenvalue weighted by Gasteiger charge is -2.31. The summed E-state index contributed by atoms with van der Waals surface area (Å²) in [6.45, 7) is 4.86. The molecule has 2 atom stereocenters. The molecule has 3 nitrogen and oxygen atoms in total. The van der Waals surface area contributed by atoms with Gasteiger partial charge < -0.3 is 10.2 Å². The van der Waals surface area contributed by atoms with Crippen molar-refractivity contribution < 1.29 is 9.18 Å². The fraction of sp³-hybridized carbons (Fsp3) is 0.562. The molecule has 3 rings (SSSR count). The molecule has 0 aromatic heterocycles. The summed E-state index contributed by atoms with van der Waals surface area (Å²) < 4.78 is 13.1. The molecule has 1 N–H and O–H groups in total. The van der Waals surface area contributed by atoms with Gasteiger partial charge in [-0.3, -0.25) is 4.79 Å². The Morgan fingerprint density at radius 3 is 2.62 bits per heavy atom. The van der Waals surface area contributed by atoms with E-state index in [0.29, 0.717) is 5.92 Å². The topological polar surface area (TPSA) is 32.3 Å². The second-order valence-corrected chi connectivity index (χ2v) is 7.29. The van der Waals surface area contributed by atoms with Gasteiger partial charge in [0.25, 0.3) is 0 Å². The summed E-state index contributed by atoms with van der Waals surface area (Å²) in [6, 6.07) is 6.56. The van der Waals surface area contributed by atoms with Crippen LogP contribution in [0.25, 0.3) is 0 Å². The van der Waals surface area contributed by atoms with Gasteiger partial charge in [-0.2, -0.15) is 0 Å². The van der Waals surface area contributed by atoms with Gasteiger partial charge in [-0.05, 0) is 56.5 Å².